The maximum absolute atomic E-state index is 11.0. The molecule has 0 fully saturated rings. The molecular formula is C20H28ClN3O6. The Hall–Kier alpha value is -2.72. The summed E-state index contributed by atoms with van der Waals surface area (Å²) in [6.07, 6.45) is -0.627. The van der Waals surface area contributed by atoms with Gasteiger partial charge in [0.25, 0.3) is 0 Å². The fraction of sp³-hybridized carbons (Fsp3) is 0.350. The van der Waals surface area contributed by atoms with Gasteiger partial charge in [-0.1, -0.05) is 18.2 Å². The van der Waals surface area contributed by atoms with Crippen LogP contribution >= 0.6 is 12.4 Å². The van der Waals surface area contributed by atoms with Crippen molar-refractivity contribution in [2.24, 2.45) is 0 Å². The summed E-state index contributed by atoms with van der Waals surface area (Å²) < 4.78 is 11.2. The number of aliphatic hydroxyl groups excluding tert-OH is 1. The van der Waals surface area contributed by atoms with Crippen LogP contribution in [0, 0.1) is 0 Å². The van der Waals surface area contributed by atoms with Gasteiger partial charge >= 0.3 is 0 Å². The van der Waals surface area contributed by atoms with Gasteiger partial charge in [-0.2, -0.15) is 5.48 Å². The quantitative estimate of drug-likeness (QED) is 0.275. The molecule has 0 spiro atoms. The van der Waals surface area contributed by atoms with Crippen molar-refractivity contribution in [2.75, 3.05) is 38.9 Å². The van der Waals surface area contributed by atoms with E-state index >= 15 is 0 Å². The van der Waals surface area contributed by atoms with Gasteiger partial charge in [-0.05, 0) is 24.3 Å². The second kappa shape index (κ2) is 14.3. The number of para-hydroxylation sites is 1. The van der Waals surface area contributed by atoms with Crippen LogP contribution in [0.3, 0.4) is 0 Å². The number of halogens is 1. The fourth-order valence-corrected chi connectivity index (χ4v) is 2.28. The number of amides is 1. The Labute approximate surface area is 182 Å². The van der Waals surface area contributed by atoms with Crippen LogP contribution in [0.2, 0.25) is 0 Å². The zero-order valence-electron chi connectivity index (χ0n) is 16.9. The average molecular weight is 442 g/mol. The molecule has 0 aliphatic heterocycles. The minimum Gasteiger partial charge on any atom is -0.492 e. The topological polar surface area (TPSA) is 110 Å². The third kappa shape index (κ3) is 9.66. The summed E-state index contributed by atoms with van der Waals surface area (Å²) >= 11 is 0. The first-order valence-electron chi connectivity index (χ1n) is 9.14. The van der Waals surface area contributed by atoms with Gasteiger partial charge in [0, 0.05) is 26.1 Å². The van der Waals surface area contributed by atoms with E-state index in [2.05, 4.69) is 16.3 Å². The van der Waals surface area contributed by atoms with Crippen molar-refractivity contribution in [3.05, 3.63) is 48.5 Å². The largest absolute Gasteiger partial charge is 0.492 e. The van der Waals surface area contributed by atoms with Crippen LogP contribution in [-0.2, 0) is 9.63 Å². The third-order valence-electron chi connectivity index (χ3n) is 3.58. The molecule has 1 amide bonds. The van der Waals surface area contributed by atoms with Gasteiger partial charge < -0.3 is 24.7 Å². The van der Waals surface area contributed by atoms with E-state index in [0.29, 0.717) is 36.9 Å². The van der Waals surface area contributed by atoms with E-state index in [1.807, 2.05) is 30.3 Å². The molecule has 0 aliphatic rings. The smallest absolute Gasteiger partial charge is 0.249 e. The zero-order valence-corrected chi connectivity index (χ0v) is 17.7. The Morgan fingerprint density at radius 3 is 2.57 bits per heavy atom. The molecule has 0 aliphatic carbocycles. The van der Waals surface area contributed by atoms with Crippen molar-refractivity contribution in [3.63, 3.8) is 0 Å². The van der Waals surface area contributed by atoms with Gasteiger partial charge in [-0.3, -0.25) is 15.1 Å². The van der Waals surface area contributed by atoms with E-state index in [1.54, 1.807) is 18.2 Å². The molecule has 0 aromatic heterocycles. The second-order valence-corrected chi connectivity index (χ2v) is 6.05. The molecule has 0 radical (unpaired) electrons. The average Bonchev–Trinajstić information content (AvgIpc) is 2.72. The predicted molar refractivity (Wildman–Crippen MR) is 115 cm³/mol. The number of benzene rings is 2. The van der Waals surface area contributed by atoms with Gasteiger partial charge in [0.05, 0.1) is 7.11 Å². The lowest BCUT2D eigenvalue weighted by atomic mass is 10.3. The molecule has 2 rings (SSSR count). The molecule has 2 aromatic carbocycles. The highest BCUT2D eigenvalue weighted by Gasteiger charge is 2.08. The molecule has 2 aromatic rings. The van der Waals surface area contributed by atoms with Crippen molar-refractivity contribution in [3.8, 4) is 17.2 Å². The minimum absolute atomic E-state index is 0. The van der Waals surface area contributed by atoms with Gasteiger partial charge in [0.1, 0.15) is 36.5 Å². The molecule has 0 bridgehead atoms. The van der Waals surface area contributed by atoms with Gasteiger partial charge in [0.15, 0.2) is 5.75 Å². The van der Waals surface area contributed by atoms with Crippen LogP contribution in [0.4, 0.5) is 5.69 Å². The predicted octanol–water partition coefficient (Wildman–Crippen LogP) is 1.92. The summed E-state index contributed by atoms with van der Waals surface area (Å²) in [7, 11) is 1.46. The summed E-state index contributed by atoms with van der Waals surface area (Å²) in [4.78, 5) is 21.1. The SMILES string of the molecule is CONc1cc(OCCNC[C@H](O)COc2ccccc2)ccc1ONC(C)=O.Cl. The molecule has 10 heteroatoms. The highest BCUT2D eigenvalue weighted by Crippen LogP contribution is 2.28. The fourth-order valence-electron chi connectivity index (χ4n) is 2.28. The monoisotopic (exact) mass is 441 g/mol. The molecule has 30 heavy (non-hydrogen) atoms. The number of nitrogens with one attached hydrogen (secondary N) is 3. The number of aliphatic hydroxyl groups is 1. The van der Waals surface area contributed by atoms with Crippen molar-refractivity contribution in [2.45, 2.75) is 13.0 Å². The molecule has 4 N–H and O–H groups in total. The summed E-state index contributed by atoms with van der Waals surface area (Å²) in [5.74, 6) is 1.38. The number of hydroxylamine groups is 1. The van der Waals surface area contributed by atoms with Crippen LogP contribution in [0.1, 0.15) is 6.92 Å². The molecule has 9 nitrogen and oxygen atoms in total. The number of hydrogen-bond acceptors (Lipinski definition) is 8. The zero-order chi connectivity index (χ0) is 20.9. The molecule has 0 unspecified atom stereocenters. The Morgan fingerprint density at radius 2 is 1.87 bits per heavy atom. The summed E-state index contributed by atoms with van der Waals surface area (Å²) in [5.41, 5.74) is 5.42. The lowest BCUT2D eigenvalue weighted by Crippen LogP contribution is -2.33. The minimum atomic E-state index is -0.627. The highest BCUT2D eigenvalue weighted by atomic mass is 35.5. The van der Waals surface area contributed by atoms with Crippen molar-refractivity contribution in [1.82, 2.24) is 10.8 Å². The standard InChI is InChI=1S/C20H27N3O6.ClH/c1-15(24)22-29-20-9-8-18(12-19(20)23-26-2)27-11-10-21-13-16(25)14-28-17-6-4-3-5-7-17;/h3-9,12,16,21,23,25H,10-11,13-14H2,1-2H3,(H,22,24);1H/t16-;/m0./s1. The Morgan fingerprint density at radius 1 is 1.10 bits per heavy atom. The second-order valence-electron chi connectivity index (χ2n) is 6.05. The molecule has 166 valence electrons. The van der Waals surface area contributed by atoms with E-state index in [4.69, 9.17) is 19.1 Å². The summed E-state index contributed by atoms with van der Waals surface area (Å²) in [5, 5.41) is 13.1. The molecule has 0 saturated heterocycles. The van der Waals surface area contributed by atoms with E-state index in [9.17, 15) is 9.90 Å². The third-order valence-corrected chi connectivity index (χ3v) is 3.58. The maximum atomic E-state index is 11.0. The molecule has 0 saturated carbocycles. The van der Waals surface area contributed by atoms with E-state index in [-0.39, 0.29) is 24.9 Å². The van der Waals surface area contributed by atoms with Crippen LogP contribution in [0.25, 0.3) is 0 Å². The van der Waals surface area contributed by atoms with Crippen molar-refractivity contribution >= 4 is 24.0 Å². The Bertz CT molecular complexity index is 751. The number of ether oxygens (including phenoxy) is 2. The van der Waals surface area contributed by atoms with Gasteiger partial charge in [0.2, 0.25) is 5.91 Å². The normalized spacial score (nSPS) is 11.0. The maximum Gasteiger partial charge on any atom is 0.249 e. The van der Waals surface area contributed by atoms with Crippen LogP contribution in [0.5, 0.6) is 17.2 Å². The Balaban J connectivity index is 0.00000450. The van der Waals surface area contributed by atoms with Crippen LogP contribution in [-0.4, -0.2) is 50.5 Å². The number of anilines is 1. The van der Waals surface area contributed by atoms with Crippen molar-refractivity contribution < 1.29 is 29.0 Å². The van der Waals surface area contributed by atoms with Crippen molar-refractivity contribution in [1.29, 1.82) is 0 Å². The highest BCUT2D eigenvalue weighted by molar-refractivity contribution is 5.85. The first-order valence-corrected chi connectivity index (χ1v) is 9.14. The van der Waals surface area contributed by atoms with Crippen LogP contribution < -0.4 is 30.6 Å². The Kier molecular flexibility index (Phi) is 12.1. The van der Waals surface area contributed by atoms with E-state index in [1.165, 1.54) is 14.0 Å². The number of carbonyl (C=O) groups excluding carboxylic acids is 1. The number of hydrogen-bond donors (Lipinski definition) is 4. The molecular weight excluding hydrogens is 414 g/mol. The summed E-state index contributed by atoms with van der Waals surface area (Å²) in [6.45, 7) is 2.87. The lowest BCUT2D eigenvalue weighted by Gasteiger charge is -2.15. The van der Waals surface area contributed by atoms with E-state index in [0.717, 1.165) is 5.75 Å². The lowest BCUT2D eigenvalue weighted by molar-refractivity contribution is -0.125. The van der Waals surface area contributed by atoms with E-state index < -0.39 is 6.10 Å². The molecule has 1 atom stereocenters. The van der Waals surface area contributed by atoms with Gasteiger partial charge in [-0.15, -0.1) is 12.4 Å². The van der Waals surface area contributed by atoms with Crippen LogP contribution in [0.15, 0.2) is 48.5 Å². The summed E-state index contributed by atoms with van der Waals surface area (Å²) in [6, 6.07) is 14.4. The first-order chi connectivity index (χ1) is 14.1. The first kappa shape index (κ1) is 25.3. The van der Waals surface area contributed by atoms with Gasteiger partial charge in [-0.25, -0.2) is 0 Å². The molecule has 0 heterocycles. The number of rotatable bonds is 13. The number of carbonyl (C=O) groups is 1.